The van der Waals surface area contributed by atoms with Crippen LogP contribution in [0.3, 0.4) is 0 Å². The molecule has 4 nitrogen and oxygen atoms in total. The predicted octanol–water partition coefficient (Wildman–Crippen LogP) is 1.32. The van der Waals surface area contributed by atoms with Gasteiger partial charge in [0.15, 0.2) is 0 Å². The monoisotopic (exact) mass is 291 g/mol. The Morgan fingerprint density at radius 3 is 2.93 bits per heavy atom. The summed E-state index contributed by atoms with van der Waals surface area (Å²) in [7, 11) is 1.90. The second-order valence-electron chi connectivity index (χ2n) is 3.33. The average Bonchev–Trinajstić information content (AvgIpc) is 2.61. The smallest absolute Gasteiger partial charge is 0.250 e. The van der Waals surface area contributed by atoms with Gasteiger partial charge >= 0.3 is 0 Å². The zero-order valence-corrected chi connectivity index (χ0v) is 11.1. The van der Waals surface area contributed by atoms with Crippen LogP contribution in [0.4, 0.5) is 0 Å². The van der Waals surface area contributed by atoms with Gasteiger partial charge in [0.25, 0.3) is 5.91 Å². The molecule has 1 amide bonds. The molecule has 6 heteroatoms. The number of nitrogens with zero attached hydrogens (tertiary/aromatic N) is 1. The first-order valence-electron chi connectivity index (χ1n) is 4.48. The van der Waals surface area contributed by atoms with Crippen molar-refractivity contribution in [3.8, 4) is 0 Å². The summed E-state index contributed by atoms with van der Waals surface area (Å²) in [5, 5.41) is 2.02. The van der Waals surface area contributed by atoms with Gasteiger partial charge in [0, 0.05) is 21.3 Å². The van der Waals surface area contributed by atoms with Crippen molar-refractivity contribution in [2.75, 3.05) is 7.05 Å². The number of hydrogen-bond donors (Lipinski definition) is 2. The molecule has 84 valence electrons. The molecule has 0 spiro atoms. The molecule has 0 aromatic carbocycles. The quantitative estimate of drug-likeness (QED) is 0.500. The SMILES string of the molecule is CC(C(=O)NN)N(C)Cc1cc(Br)cs1. The van der Waals surface area contributed by atoms with Crippen LogP contribution in [0.25, 0.3) is 0 Å². The lowest BCUT2D eigenvalue weighted by Crippen LogP contribution is -2.45. The van der Waals surface area contributed by atoms with Crippen molar-refractivity contribution in [1.82, 2.24) is 10.3 Å². The Kier molecular flexibility index (Phi) is 4.72. The van der Waals surface area contributed by atoms with E-state index in [0.717, 1.165) is 11.0 Å². The molecule has 3 N–H and O–H groups in total. The van der Waals surface area contributed by atoms with Crippen LogP contribution in [-0.2, 0) is 11.3 Å². The van der Waals surface area contributed by atoms with E-state index in [4.69, 9.17) is 5.84 Å². The van der Waals surface area contributed by atoms with E-state index in [1.54, 1.807) is 11.3 Å². The van der Waals surface area contributed by atoms with E-state index in [-0.39, 0.29) is 11.9 Å². The maximum Gasteiger partial charge on any atom is 0.250 e. The van der Waals surface area contributed by atoms with Crippen LogP contribution in [-0.4, -0.2) is 23.9 Å². The maximum atomic E-state index is 11.3. The van der Waals surface area contributed by atoms with Crippen LogP contribution >= 0.6 is 27.3 Å². The van der Waals surface area contributed by atoms with Gasteiger partial charge in [-0.3, -0.25) is 15.1 Å². The van der Waals surface area contributed by atoms with E-state index in [1.165, 1.54) is 4.88 Å². The summed E-state index contributed by atoms with van der Waals surface area (Å²) in [5.74, 6) is 4.90. The second-order valence-corrected chi connectivity index (χ2v) is 5.24. The summed E-state index contributed by atoms with van der Waals surface area (Å²) < 4.78 is 1.08. The van der Waals surface area contributed by atoms with Gasteiger partial charge in [-0.15, -0.1) is 11.3 Å². The van der Waals surface area contributed by atoms with E-state index in [9.17, 15) is 4.79 Å². The Morgan fingerprint density at radius 1 is 1.80 bits per heavy atom. The van der Waals surface area contributed by atoms with Crippen molar-refractivity contribution in [1.29, 1.82) is 0 Å². The van der Waals surface area contributed by atoms with Gasteiger partial charge in [-0.1, -0.05) is 0 Å². The number of nitrogens with one attached hydrogen (secondary N) is 1. The minimum atomic E-state index is -0.226. The molecule has 0 aliphatic heterocycles. The van der Waals surface area contributed by atoms with Crippen molar-refractivity contribution in [2.24, 2.45) is 5.84 Å². The molecule has 1 aromatic heterocycles. The molecule has 1 heterocycles. The summed E-state index contributed by atoms with van der Waals surface area (Å²) in [6.45, 7) is 2.57. The molecule has 1 unspecified atom stereocenters. The molecule has 0 fully saturated rings. The van der Waals surface area contributed by atoms with E-state index in [0.29, 0.717) is 0 Å². The molecule has 0 aliphatic carbocycles. The van der Waals surface area contributed by atoms with Gasteiger partial charge in [-0.2, -0.15) is 0 Å². The molecule has 1 aromatic rings. The van der Waals surface area contributed by atoms with Crippen molar-refractivity contribution in [2.45, 2.75) is 19.5 Å². The predicted molar refractivity (Wildman–Crippen MR) is 65.3 cm³/mol. The molecule has 0 aliphatic rings. The standard InChI is InChI=1S/C9H14BrN3OS/c1-6(9(14)12-11)13(2)4-8-3-7(10)5-15-8/h3,5-6H,4,11H2,1-2H3,(H,12,14). The Hall–Kier alpha value is -0.430. The van der Waals surface area contributed by atoms with Gasteiger partial charge in [0.05, 0.1) is 6.04 Å². The summed E-state index contributed by atoms with van der Waals surface area (Å²) in [5.41, 5.74) is 2.15. The van der Waals surface area contributed by atoms with Gasteiger partial charge in [0.2, 0.25) is 0 Å². The van der Waals surface area contributed by atoms with Crippen LogP contribution in [0.2, 0.25) is 0 Å². The zero-order chi connectivity index (χ0) is 11.4. The molecule has 1 rings (SSSR count). The first-order chi connectivity index (χ1) is 7.04. The molecule has 15 heavy (non-hydrogen) atoms. The number of halogens is 1. The van der Waals surface area contributed by atoms with Crippen LogP contribution < -0.4 is 11.3 Å². The number of carbonyl (C=O) groups is 1. The highest BCUT2D eigenvalue weighted by molar-refractivity contribution is 9.10. The van der Waals surface area contributed by atoms with Crippen molar-refractivity contribution in [3.63, 3.8) is 0 Å². The van der Waals surface area contributed by atoms with E-state index in [2.05, 4.69) is 21.4 Å². The van der Waals surface area contributed by atoms with Gasteiger partial charge < -0.3 is 0 Å². The van der Waals surface area contributed by atoms with E-state index >= 15 is 0 Å². The topological polar surface area (TPSA) is 58.4 Å². The summed E-state index contributed by atoms with van der Waals surface area (Å²) in [6.07, 6.45) is 0. The van der Waals surface area contributed by atoms with Crippen LogP contribution in [0.15, 0.2) is 15.9 Å². The van der Waals surface area contributed by atoms with Gasteiger partial charge in [0.1, 0.15) is 0 Å². The first kappa shape index (κ1) is 12.6. The normalized spacial score (nSPS) is 12.9. The van der Waals surface area contributed by atoms with E-state index in [1.807, 2.05) is 30.3 Å². The van der Waals surface area contributed by atoms with Gasteiger partial charge in [-0.25, -0.2) is 5.84 Å². The highest BCUT2D eigenvalue weighted by Crippen LogP contribution is 2.21. The maximum absolute atomic E-state index is 11.3. The number of nitrogens with two attached hydrogens (primary N) is 1. The number of likely N-dealkylation sites (N-methyl/N-ethyl adjacent to an activating group) is 1. The summed E-state index contributed by atoms with van der Waals surface area (Å²) >= 11 is 5.06. The largest absolute Gasteiger partial charge is 0.293 e. The van der Waals surface area contributed by atoms with Crippen LogP contribution in [0.1, 0.15) is 11.8 Å². The number of hydrogen-bond acceptors (Lipinski definition) is 4. The van der Waals surface area contributed by atoms with Crippen molar-refractivity contribution < 1.29 is 4.79 Å². The van der Waals surface area contributed by atoms with Crippen molar-refractivity contribution in [3.05, 3.63) is 20.8 Å². The highest BCUT2D eigenvalue weighted by atomic mass is 79.9. The zero-order valence-electron chi connectivity index (χ0n) is 8.66. The summed E-state index contributed by atoms with van der Waals surface area (Å²) in [4.78, 5) is 14.4. The lowest BCUT2D eigenvalue weighted by atomic mass is 10.3. The van der Waals surface area contributed by atoms with Crippen LogP contribution in [0.5, 0.6) is 0 Å². The number of thiophene rings is 1. The Balaban J connectivity index is 2.55. The van der Waals surface area contributed by atoms with Crippen molar-refractivity contribution >= 4 is 33.2 Å². The molecular formula is C9H14BrN3OS. The molecule has 0 bridgehead atoms. The summed E-state index contributed by atoms with van der Waals surface area (Å²) in [6, 6.07) is 1.82. The number of amides is 1. The van der Waals surface area contributed by atoms with E-state index < -0.39 is 0 Å². The average molecular weight is 292 g/mol. The fraction of sp³-hybridized carbons (Fsp3) is 0.444. The molecule has 0 saturated carbocycles. The molecular weight excluding hydrogens is 278 g/mol. The third kappa shape index (κ3) is 3.57. The highest BCUT2D eigenvalue weighted by Gasteiger charge is 2.17. The molecule has 0 saturated heterocycles. The third-order valence-corrected chi connectivity index (χ3v) is 3.89. The number of rotatable bonds is 4. The fourth-order valence-corrected chi connectivity index (χ4v) is 2.65. The minimum absolute atomic E-state index is 0.173. The Morgan fingerprint density at radius 2 is 2.47 bits per heavy atom. The molecule has 1 atom stereocenters. The number of carbonyl (C=O) groups excluding carboxylic acids is 1. The number of hydrazine groups is 1. The van der Waals surface area contributed by atoms with Gasteiger partial charge in [-0.05, 0) is 36.0 Å². The first-order valence-corrected chi connectivity index (χ1v) is 6.15. The molecule has 0 radical (unpaired) electrons. The lowest BCUT2D eigenvalue weighted by Gasteiger charge is -2.22. The fourth-order valence-electron chi connectivity index (χ4n) is 1.14. The minimum Gasteiger partial charge on any atom is -0.293 e. The Bertz CT molecular complexity index is 342. The lowest BCUT2D eigenvalue weighted by molar-refractivity contribution is -0.125. The third-order valence-electron chi connectivity index (χ3n) is 2.21. The second kappa shape index (κ2) is 5.60. The van der Waals surface area contributed by atoms with Crippen LogP contribution in [0, 0.1) is 0 Å². The Labute approximate surface area is 102 Å².